The van der Waals surface area contributed by atoms with E-state index in [1.165, 1.54) is 13.3 Å². The van der Waals surface area contributed by atoms with Crippen LogP contribution in [-0.2, 0) is 9.59 Å². The minimum absolute atomic E-state index is 0.0322. The second-order valence-corrected chi connectivity index (χ2v) is 6.73. The number of thioether (sulfide) groups is 1. The van der Waals surface area contributed by atoms with Crippen molar-refractivity contribution in [1.82, 2.24) is 20.2 Å². The largest absolute Gasteiger partial charge is 0.472 e. The van der Waals surface area contributed by atoms with Gasteiger partial charge in [0.1, 0.15) is 18.5 Å². The zero-order valence-electron chi connectivity index (χ0n) is 14.1. The van der Waals surface area contributed by atoms with Crippen LogP contribution in [0.2, 0.25) is 0 Å². The summed E-state index contributed by atoms with van der Waals surface area (Å²) in [6.45, 7) is 2.65. The first-order chi connectivity index (χ1) is 11.6. The van der Waals surface area contributed by atoms with Crippen molar-refractivity contribution in [3.63, 3.8) is 0 Å². The summed E-state index contributed by atoms with van der Waals surface area (Å²) in [6.07, 6.45) is 7.35. The molecule has 2 rings (SSSR count). The third kappa shape index (κ3) is 5.67. The van der Waals surface area contributed by atoms with Gasteiger partial charge in [0.15, 0.2) is 0 Å². The van der Waals surface area contributed by atoms with Crippen LogP contribution in [-0.4, -0.2) is 63.9 Å². The lowest BCUT2D eigenvalue weighted by Gasteiger charge is -2.34. The average Bonchev–Trinajstić information content (AvgIpc) is 2.59. The van der Waals surface area contributed by atoms with E-state index >= 15 is 0 Å². The highest BCUT2D eigenvalue weighted by Crippen LogP contribution is 2.17. The Balaban J connectivity index is 1.95. The van der Waals surface area contributed by atoms with E-state index in [-0.39, 0.29) is 17.9 Å². The van der Waals surface area contributed by atoms with E-state index in [1.54, 1.807) is 28.9 Å². The highest BCUT2D eigenvalue weighted by Gasteiger charge is 2.30. The summed E-state index contributed by atoms with van der Waals surface area (Å²) >= 11 is 1.66. The summed E-state index contributed by atoms with van der Waals surface area (Å²) in [6, 6.07) is 1.24. The lowest BCUT2D eigenvalue weighted by Crippen LogP contribution is -2.52. The van der Waals surface area contributed by atoms with E-state index in [0.717, 1.165) is 18.6 Å². The molecule has 2 atom stereocenters. The van der Waals surface area contributed by atoms with Gasteiger partial charge in [-0.05, 0) is 31.3 Å². The number of amides is 2. The van der Waals surface area contributed by atoms with Crippen LogP contribution >= 0.6 is 11.8 Å². The molecule has 2 amide bonds. The van der Waals surface area contributed by atoms with Crippen molar-refractivity contribution in [2.24, 2.45) is 0 Å². The third-order valence-corrected chi connectivity index (χ3v) is 4.46. The Labute approximate surface area is 146 Å². The number of piperidine rings is 1. The van der Waals surface area contributed by atoms with Crippen LogP contribution in [0.4, 0.5) is 0 Å². The summed E-state index contributed by atoms with van der Waals surface area (Å²) in [5.41, 5.74) is 0. The molecule has 8 heteroatoms. The Morgan fingerprint density at radius 1 is 1.54 bits per heavy atom. The van der Waals surface area contributed by atoms with E-state index < -0.39 is 6.04 Å². The van der Waals surface area contributed by atoms with Crippen molar-refractivity contribution in [3.05, 3.63) is 18.6 Å². The number of carbonyl (C=O) groups is 2. The summed E-state index contributed by atoms with van der Waals surface area (Å²) in [4.78, 5) is 33.9. The van der Waals surface area contributed by atoms with Gasteiger partial charge in [0, 0.05) is 25.7 Å². The van der Waals surface area contributed by atoms with E-state index in [0.29, 0.717) is 25.4 Å². The van der Waals surface area contributed by atoms with Gasteiger partial charge in [0.25, 0.3) is 0 Å². The summed E-state index contributed by atoms with van der Waals surface area (Å²) in [7, 11) is 0. The quantitative estimate of drug-likeness (QED) is 0.791. The van der Waals surface area contributed by atoms with Gasteiger partial charge < -0.3 is 15.0 Å². The summed E-state index contributed by atoms with van der Waals surface area (Å²) in [5, 5.41) is 2.77. The molecule has 1 aromatic heterocycles. The maximum absolute atomic E-state index is 12.8. The summed E-state index contributed by atoms with van der Waals surface area (Å²) in [5.74, 6) is 1.13. The van der Waals surface area contributed by atoms with Crippen molar-refractivity contribution in [1.29, 1.82) is 0 Å². The van der Waals surface area contributed by atoms with E-state index in [9.17, 15) is 9.59 Å². The van der Waals surface area contributed by atoms with E-state index in [4.69, 9.17) is 4.74 Å². The Bertz CT molecular complexity index is 543. The third-order valence-electron chi connectivity index (χ3n) is 3.82. The SMILES string of the molecule is CSCCC(NC(C)=O)C(=O)N1CCCC(Oc2ccncn2)C1. The fourth-order valence-electron chi connectivity index (χ4n) is 2.71. The number of aromatic nitrogens is 2. The molecule has 1 aromatic rings. The maximum Gasteiger partial charge on any atom is 0.245 e. The minimum atomic E-state index is -0.465. The first kappa shape index (κ1) is 18.5. The van der Waals surface area contributed by atoms with Gasteiger partial charge in [-0.2, -0.15) is 11.8 Å². The fraction of sp³-hybridized carbons (Fsp3) is 0.625. The van der Waals surface area contributed by atoms with Crippen molar-refractivity contribution in [2.75, 3.05) is 25.1 Å². The number of likely N-dealkylation sites (tertiary alicyclic amines) is 1. The number of ether oxygens (including phenoxy) is 1. The van der Waals surface area contributed by atoms with Crippen LogP contribution in [0, 0.1) is 0 Å². The van der Waals surface area contributed by atoms with Crippen molar-refractivity contribution in [3.8, 4) is 5.88 Å². The molecular formula is C16H24N4O3S. The van der Waals surface area contributed by atoms with Gasteiger partial charge in [-0.15, -0.1) is 0 Å². The first-order valence-electron chi connectivity index (χ1n) is 8.07. The molecule has 0 spiro atoms. The van der Waals surface area contributed by atoms with Gasteiger partial charge >= 0.3 is 0 Å². The molecule has 2 heterocycles. The highest BCUT2D eigenvalue weighted by atomic mass is 32.2. The minimum Gasteiger partial charge on any atom is -0.472 e. The fourth-order valence-corrected chi connectivity index (χ4v) is 3.18. The van der Waals surface area contributed by atoms with E-state index in [2.05, 4.69) is 15.3 Å². The van der Waals surface area contributed by atoms with Gasteiger partial charge in [-0.3, -0.25) is 9.59 Å². The second-order valence-electron chi connectivity index (χ2n) is 5.75. The molecule has 0 bridgehead atoms. The monoisotopic (exact) mass is 352 g/mol. The molecule has 0 aromatic carbocycles. The van der Waals surface area contributed by atoms with Crippen molar-refractivity contribution >= 4 is 23.6 Å². The molecular weight excluding hydrogens is 328 g/mol. The predicted octanol–water partition coefficient (Wildman–Crippen LogP) is 1.10. The summed E-state index contributed by atoms with van der Waals surface area (Å²) < 4.78 is 5.84. The topological polar surface area (TPSA) is 84.4 Å². The van der Waals surface area contributed by atoms with Crippen LogP contribution < -0.4 is 10.1 Å². The molecule has 0 aliphatic carbocycles. The first-order valence-corrected chi connectivity index (χ1v) is 9.47. The van der Waals surface area contributed by atoms with Crippen molar-refractivity contribution < 1.29 is 14.3 Å². The number of carbonyl (C=O) groups excluding carboxylic acids is 2. The molecule has 1 fully saturated rings. The number of hydrogen-bond acceptors (Lipinski definition) is 6. The lowest BCUT2D eigenvalue weighted by molar-refractivity contribution is -0.138. The molecule has 0 radical (unpaired) electrons. The van der Waals surface area contributed by atoms with Crippen LogP contribution in [0.25, 0.3) is 0 Å². The second kappa shape index (κ2) is 9.46. The van der Waals surface area contributed by atoms with Crippen molar-refractivity contribution in [2.45, 2.75) is 38.3 Å². The Hall–Kier alpha value is -1.83. The number of hydrogen-bond donors (Lipinski definition) is 1. The van der Waals surface area contributed by atoms with Gasteiger partial charge in [-0.25, -0.2) is 9.97 Å². The molecule has 24 heavy (non-hydrogen) atoms. The molecule has 1 N–H and O–H groups in total. The number of nitrogens with one attached hydrogen (secondary N) is 1. The molecule has 0 saturated carbocycles. The average molecular weight is 352 g/mol. The maximum atomic E-state index is 12.8. The highest BCUT2D eigenvalue weighted by molar-refractivity contribution is 7.98. The molecule has 1 aliphatic rings. The van der Waals surface area contributed by atoms with Crippen LogP contribution in [0.5, 0.6) is 5.88 Å². The molecule has 7 nitrogen and oxygen atoms in total. The Kier molecular flexibility index (Phi) is 7.30. The van der Waals surface area contributed by atoms with Crippen LogP contribution in [0.15, 0.2) is 18.6 Å². The normalized spacial score (nSPS) is 18.8. The Morgan fingerprint density at radius 3 is 3.04 bits per heavy atom. The van der Waals surface area contributed by atoms with Crippen LogP contribution in [0.1, 0.15) is 26.2 Å². The zero-order valence-corrected chi connectivity index (χ0v) is 14.9. The predicted molar refractivity (Wildman–Crippen MR) is 92.9 cm³/mol. The van der Waals surface area contributed by atoms with Gasteiger partial charge in [0.2, 0.25) is 17.7 Å². The lowest BCUT2D eigenvalue weighted by atomic mass is 10.1. The number of nitrogens with zero attached hydrogens (tertiary/aromatic N) is 3. The standard InChI is InChI=1S/C16H24N4O3S/c1-12(21)19-14(6-9-24-2)16(22)20-8-3-4-13(10-20)23-15-5-7-17-11-18-15/h5,7,11,13-14H,3-4,6,8-10H2,1-2H3,(H,19,21). The molecule has 1 aliphatic heterocycles. The van der Waals surface area contributed by atoms with Gasteiger partial charge in [0.05, 0.1) is 6.54 Å². The van der Waals surface area contributed by atoms with Gasteiger partial charge in [-0.1, -0.05) is 0 Å². The van der Waals surface area contributed by atoms with Crippen LogP contribution in [0.3, 0.4) is 0 Å². The zero-order chi connectivity index (χ0) is 17.4. The van der Waals surface area contributed by atoms with E-state index in [1.807, 2.05) is 6.26 Å². The molecule has 132 valence electrons. The Morgan fingerprint density at radius 2 is 2.38 bits per heavy atom. The number of rotatable bonds is 7. The molecule has 1 saturated heterocycles. The molecule has 2 unspecified atom stereocenters. The smallest absolute Gasteiger partial charge is 0.245 e.